The highest BCUT2D eigenvalue weighted by atomic mass is 28.4. The summed E-state index contributed by atoms with van der Waals surface area (Å²) < 4.78 is 12.7. The predicted octanol–water partition coefficient (Wildman–Crippen LogP) is 5.63. The van der Waals surface area contributed by atoms with Crippen molar-refractivity contribution in [3.05, 3.63) is 29.6 Å². The summed E-state index contributed by atoms with van der Waals surface area (Å²) in [6.07, 6.45) is 5.30. The van der Waals surface area contributed by atoms with E-state index in [1.807, 2.05) is 12.3 Å². The molecule has 1 aliphatic carbocycles. The molecule has 0 bridgehead atoms. The van der Waals surface area contributed by atoms with Crippen LogP contribution < -0.4 is 0 Å². The average molecular weight is 336 g/mol. The van der Waals surface area contributed by atoms with Gasteiger partial charge in [-0.3, -0.25) is 4.98 Å². The van der Waals surface area contributed by atoms with Crippen molar-refractivity contribution in [3.8, 4) is 0 Å². The zero-order valence-corrected chi connectivity index (χ0v) is 16.6. The molecule has 1 heterocycles. The first kappa shape index (κ1) is 18.6. The highest BCUT2D eigenvalue weighted by Crippen LogP contribution is 2.42. The van der Waals surface area contributed by atoms with E-state index in [9.17, 15) is 0 Å². The number of ether oxygens (including phenoxy) is 1. The van der Waals surface area contributed by atoms with Crippen molar-refractivity contribution in [2.45, 2.75) is 83.5 Å². The lowest BCUT2D eigenvalue weighted by Crippen LogP contribution is -2.48. The monoisotopic (exact) mass is 335 g/mol. The molecule has 0 saturated heterocycles. The first-order valence-corrected chi connectivity index (χ1v) is 11.2. The average Bonchev–Trinajstić information content (AvgIpc) is 2.50. The van der Waals surface area contributed by atoms with Crippen molar-refractivity contribution in [1.82, 2.24) is 4.98 Å². The maximum Gasteiger partial charge on any atom is 0.203 e. The van der Waals surface area contributed by atoms with Crippen molar-refractivity contribution >= 4 is 8.32 Å². The summed E-state index contributed by atoms with van der Waals surface area (Å²) in [5.74, 6) is 0. The fourth-order valence-electron chi connectivity index (χ4n) is 4.45. The summed E-state index contributed by atoms with van der Waals surface area (Å²) in [6.45, 7) is 14.3. The highest BCUT2D eigenvalue weighted by molar-refractivity contribution is 6.77. The van der Waals surface area contributed by atoms with Crippen LogP contribution in [-0.4, -0.2) is 20.1 Å². The molecule has 0 aliphatic heterocycles. The summed E-state index contributed by atoms with van der Waals surface area (Å²) in [5, 5.41) is 0. The van der Waals surface area contributed by atoms with Gasteiger partial charge in [-0.1, -0.05) is 47.6 Å². The van der Waals surface area contributed by atoms with Gasteiger partial charge in [0.1, 0.15) is 12.9 Å². The summed E-state index contributed by atoms with van der Waals surface area (Å²) in [5.41, 5.74) is 4.21. The third kappa shape index (κ3) is 3.86. The molecular weight excluding hydrogens is 302 g/mol. The van der Waals surface area contributed by atoms with E-state index in [1.165, 1.54) is 12.0 Å². The first-order valence-electron chi connectivity index (χ1n) is 9.08. The van der Waals surface area contributed by atoms with E-state index >= 15 is 0 Å². The molecule has 0 aromatic carbocycles. The zero-order chi connectivity index (χ0) is 17.0. The van der Waals surface area contributed by atoms with Crippen LogP contribution in [0.2, 0.25) is 16.6 Å². The SMILES string of the molecule is CC(C)[Si](OCO[C@@H]1CCCc2cccnc21)(C(C)C)C(C)C. The molecule has 0 fully saturated rings. The van der Waals surface area contributed by atoms with Crippen LogP contribution in [0.25, 0.3) is 0 Å². The molecule has 130 valence electrons. The second-order valence-electron chi connectivity index (χ2n) is 7.68. The summed E-state index contributed by atoms with van der Waals surface area (Å²) in [4.78, 5) is 4.55. The van der Waals surface area contributed by atoms with Crippen LogP contribution in [0.3, 0.4) is 0 Å². The Bertz CT molecular complexity index is 480. The van der Waals surface area contributed by atoms with Crippen LogP contribution in [0.5, 0.6) is 0 Å². The van der Waals surface area contributed by atoms with Gasteiger partial charge in [0.05, 0.1) is 5.69 Å². The van der Waals surface area contributed by atoms with Gasteiger partial charge >= 0.3 is 0 Å². The van der Waals surface area contributed by atoms with E-state index in [1.54, 1.807) is 0 Å². The van der Waals surface area contributed by atoms with Crippen LogP contribution in [-0.2, 0) is 15.6 Å². The van der Waals surface area contributed by atoms with E-state index < -0.39 is 8.32 Å². The van der Waals surface area contributed by atoms with Gasteiger partial charge in [-0.25, -0.2) is 0 Å². The third-order valence-electron chi connectivity index (χ3n) is 5.43. The minimum absolute atomic E-state index is 0.0955. The lowest BCUT2D eigenvalue weighted by atomic mass is 9.94. The molecule has 0 amide bonds. The van der Waals surface area contributed by atoms with E-state index in [-0.39, 0.29) is 6.10 Å². The number of rotatable bonds is 7. The number of aromatic nitrogens is 1. The lowest BCUT2D eigenvalue weighted by molar-refractivity contribution is -0.0539. The Morgan fingerprint density at radius 3 is 2.39 bits per heavy atom. The molecule has 0 unspecified atom stereocenters. The van der Waals surface area contributed by atoms with Gasteiger partial charge in [-0.15, -0.1) is 0 Å². The summed E-state index contributed by atoms with van der Waals surface area (Å²) in [6, 6.07) is 4.19. The molecule has 1 aromatic heterocycles. The Hall–Kier alpha value is -0.713. The van der Waals surface area contributed by atoms with Gasteiger partial charge in [0.15, 0.2) is 0 Å². The van der Waals surface area contributed by atoms with E-state index in [4.69, 9.17) is 9.16 Å². The number of pyridine rings is 1. The summed E-state index contributed by atoms with van der Waals surface area (Å²) >= 11 is 0. The lowest BCUT2D eigenvalue weighted by Gasteiger charge is -2.42. The van der Waals surface area contributed by atoms with Crippen LogP contribution in [0.4, 0.5) is 0 Å². The Labute approximate surface area is 142 Å². The van der Waals surface area contributed by atoms with Crippen LogP contribution >= 0.6 is 0 Å². The van der Waals surface area contributed by atoms with Crippen molar-refractivity contribution in [2.24, 2.45) is 0 Å². The number of hydrogen-bond donors (Lipinski definition) is 0. The first-order chi connectivity index (χ1) is 10.9. The van der Waals surface area contributed by atoms with E-state index in [0.29, 0.717) is 23.4 Å². The topological polar surface area (TPSA) is 31.4 Å². The number of aryl methyl sites for hydroxylation is 1. The quantitative estimate of drug-likeness (QED) is 0.478. The van der Waals surface area contributed by atoms with Gasteiger partial charge in [0, 0.05) is 6.20 Å². The molecule has 1 atom stereocenters. The molecule has 0 radical (unpaired) electrons. The van der Waals surface area contributed by atoms with Crippen molar-refractivity contribution in [2.75, 3.05) is 6.79 Å². The molecule has 0 spiro atoms. The van der Waals surface area contributed by atoms with Gasteiger partial charge in [0.25, 0.3) is 0 Å². The van der Waals surface area contributed by atoms with Crippen LogP contribution in [0.1, 0.15) is 71.7 Å². The second kappa shape index (κ2) is 7.91. The Morgan fingerprint density at radius 2 is 1.78 bits per heavy atom. The number of fused-ring (bicyclic) bond motifs is 1. The Morgan fingerprint density at radius 1 is 1.13 bits per heavy atom. The maximum absolute atomic E-state index is 6.52. The fraction of sp³-hybridized carbons (Fsp3) is 0.737. The van der Waals surface area contributed by atoms with Crippen LogP contribution in [0.15, 0.2) is 18.3 Å². The van der Waals surface area contributed by atoms with Crippen molar-refractivity contribution < 1.29 is 9.16 Å². The number of hydrogen-bond acceptors (Lipinski definition) is 3. The molecule has 1 aromatic rings. The molecule has 0 N–H and O–H groups in total. The Balaban J connectivity index is 2.04. The smallest absolute Gasteiger partial charge is 0.203 e. The molecule has 0 saturated carbocycles. The van der Waals surface area contributed by atoms with Gasteiger partial charge in [0.2, 0.25) is 8.32 Å². The molecule has 4 heteroatoms. The minimum atomic E-state index is -1.85. The molecule has 23 heavy (non-hydrogen) atoms. The molecule has 1 aliphatic rings. The van der Waals surface area contributed by atoms with Gasteiger partial charge in [-0.2, -0.15) is 0 Å². The molecular formula is C19H33NO2Si. The largest absolute Gasteiger partial charge is 0.394 e. The second-order valence-corrected chi connectivity index (χ2v) is 13.1. The molecule has 3 nitrogen and oxygen atoms in total. The van der Waals surface area contributed by atoms with E-state index in [2.05, 4.69) is 52.6 Å². The minimum Gasteiger partial charge on any atom is -0.394 e. The predicted molar refractivity (Wildman–Crippen MR) is 98.0 cm³/mol. The normalized spacial score (nSPS) is 18.7. The molecule has 2 rings (SSSR count). The van der Waals surface area contributed by atoms with Gasteiger partial charge in [-0.05, 0) is 47.5 Å². The van der Waals surface area contributed by atoms with E-state index in [0.717, 1.165) is 18.5 Å². The standard InChI is InChI=1S/C19H33NO2Si/c1-14(2)23(15(3)4,16(5)6)22-13-21-18-11-7-9-17-10-8-12-20-19(17)18/h8,10,12,14-16,18H,7,9,11,13H2,1-6H3/t18-/m1/s1. The fourth-order valence-corrected chi connectivity index (χ4v) is 9.72. The van der Waals surface area contributed by atoms with Crippen LogP contribution in [0, 0.1) is 0 Å². The highest BCUT2D eigenvalue weighted by Gasteiger charge is 2.45. The summed E-state index contributed by atoms with van der Waals surface area (Å²) in [7, 11) is -1.85. The van der Waals surface area contributed by atoms with Crippen molar-refractivity contribution in [1.29, 1.82) is 0 Å². The zero-order valence-electron chi connectivity index (χ0n) is 15.6. The van der Waals surface area contributed by atoms with Gasteiger partial charge < -0.3 is 9.16 Å². The Kier molecular flexibility index (Phi) is 6.40. The van der Waals surface area contributed by atoms with Crippen molar-refractivity contribution in [3.63, 3.8) is 0 Å². The third-order valence-corrected chi connectivity index (χ3v) is 11.5. The maximum atomic E-state index is 6.52. The number of nitrogens with zero attached hydrogens (tertiary/aromatic N) is 1.